The number of furan rings is 1. The second-order valence-electron chi connectivity index (χ2n) is 6.91. The van der Waals surface area contributed by atoms with E-state index in [9.17, 15) is 25.0 Å². The third-order valence-electron chi connectivity index (χ3n) is 4.55. The number of hydrogen-bond acceptors (Lipinski definition) is 11. The lowest BCUT2D eigenvalue weighted by Gasteiger charge is -1.96. The van der Waals surface area contributed by atoms with E-state index in [1.807, 2.05) is 0 Å². The number of aliphatic imine (C=N–C) groups is 1. The Kier molecular flexibility index (Phi) is 6.07. The number of thioether (sulfide) groups is 1. The number of nitrogens with one attached hydrogen (secondary N) is 1. The molecule has 174 valence electrons. The van der Waals surface area contributed by atoms with Gasteiger partial charge in [-0.2, -0.15) is 0 Å². The number of nitro benzene ring substituents is 2. The molecule has 1 aliphatic heterocycles. The summed E-state index contributed by atoms with van der Waals surface area (Å²) in [5.41, 5.74) is 0.918. The van der Waals surface area contributed by atoms with Gasteiger partial charge in [-0.1, -0.05) is 6.07 Å². The number of non-ortho nitro benzene ring substituents is 2. The van der Waals surface area contributed by atoms with Crippen LogP contribution in [0.15, 0.2) is 78.3 Å². The van der Waals surface area contributed by atoms with Crippen molar-refractivity contribution in [2.45, 2.75) is 9.43 Å². The van der Waals surface area contributed by atoms with E-state index < -0.39 is 9.85 Å². The van der Waals surface area contributed by atoms with E-state index in [1.165, 1.54) is 53.4 Å². The van der Waals surface area contributed by atoms with Gasteiger partial charge >= 0.3 is 0 Å². The minimum atomic E-state index is -0.514. The maximum absolute atomic E-state index is 12.3. The third kappa shape index (κ3) is 5.08. The number of benzene rings is 2. The highest BCUT2D eigenvalue weighted by Crippen LogP contribution is 2.37. The number of aromatic nitrogens is 1. The molecule has 4 aromatic rings. The first-order valence-corrected chi connectivity index (χ1v) is 12.2. The molecule has 35 heavy (non-hydrogen) atoms. The normalized spacial score (nSPS) is 15.7. The summed E-state index contributed by atoms with van der Waals surface area (Å²) in [7, 11) is 0. The average Bonchev–Trinajstić information content (AvgIpc) is 3.52. The first-order valence-electron chi connectivity index (χ1n) is 9.71. The Morgan fingerprint density at radius 3 is 2.66 bits per heavy atom. The average molecular weight is 526 g/mol. The Balaban J connectivity index is 1.30. The number of fused-ring (bicyclic) bond motifs is 1. The molecule has 1 fully saturated rings. The van der Waals surface area contributed by atoms with Crippen LogP contribution >= 0.6 is 34.9 Å². The molecule has 0 saturated carbocycles. The van der Waals surface area contributed by atoms with Crippen molar-refractivity contribution >= 4 is 79.3 Å². The standard InChI is InChI=1S/C21H11N5O6S3/c27-19-17(33-20(24-19)22-11-2-1-3-12(8-11)25(28)29)10-14-5-7-18(32-14)35-21-23-15-6-4-13(26(30)31)9-16(15)34-21/h1-10H,(H,22,24,27)/b17-10-. The molecule has 1 saturated heterocycles. The number of nitrogens with zero attached hydrogens (tertiary/aromatic N) is 4. The Labute approximate surface area is 208 Å². The summed E-state index contributed by atoms with van der Waals surface area (Å²) in [6.45, 7) is 0. The smallest absolute Gasteiger partial charge is 0.271 e. The predicted octanol–water partition coefficient (Wildman–Crippen LogP) is 5.75. The summed E-state index contributed by atoms with van der Waals surface area (Å²) in [4.78, 5) is 42.3. The van der Waals surface area contributed by atoms with Crippen LogP contribution in [-0.2, 0) is 4.79 Å². The van der Waals surface area contributed by atoms with Crippen LogP contribution in [0.3, 0.4) is 0 Å². The van der Waals surface area contributed by atoms with Crippen molar-refractivity contribution in [2.75, 3.05) is 0 Å². The van der Waals surface area contributed by atoms with Gasteiger partial charge in [0.15, 0.2) is 14.6 Å². The fourth-order valence-corrected chi connectivity index (χ4v) is 5.83. The maximum Gasteiger partial charge on any atom is 0.271 e. The van der Waals surface area contributed by atoms with Crippen molar-refractivity contribution < 1.29 is 19.1 Å². The summed E-state index contributed by atoms with van der Waals surface area (Å²) >= 11 is 3.68. The fourth-order valence-electron chi connectivity index (χ4n) is 3.01. The molecule has 3 heterocycles. The van der Waals surface area contributed by atoms with Crippen molar-refractivity contribution in [3.63, 3.8) is 0 Å². The minimum Gasteiger partial charge on any atom is -0.450 e. The molecule has 1 N–H and O–H groups in total. The van der Waals surface area contributed by atoms with Crippen LogP contribution in [0.25, 0.3) is 16.3 Å². The lowest BCUT2D eigenvalue weighted by atomic mass is 10.3. The Morgan fingerprint density at radius 2 is 1.86 bits per heavy atom. The van der Waals surface area contributed by atoms with Gasteiger partial charge in [-0.3, -0.25) is 25.0 Å². The summed E-state index contributed by atoms with van der Waals surface area (Å²) in [6.07, 6.45) is 1.57. The van der Waals surface area contributed by atoms with Gasteiger partial charge in [0.05, 0.1) is 30.7 Å². The number of carbonyl (C=O) groups is 1. The lowest BCUT2D eigenvalue weighted by molar-refractivity contribution is -0.384. The molecule has 1 aliphatic rings. The van der Waals surface area contributed by atoms with Crippen LogP contribution in [0.5, 0.6) is 0 Å². The first kappa shape index (κ1) is 22.8. The van der Waals surface area contributed by atoms with Crippen molar-refractivity contribution in [3.8, 4) is 0 Å². The van der Waals surface area contributed by atoms with E-state index in [0.29, 0.717) is 41.2 Å². The summed E-state index contributed by atoms with van der Waals surface area (Å²) in [6, 6.07) is 13.7. The molecule has 0 bridgehead atoms. The summed E-state index contributed by atoms with van der Waals surface area (Å²) in [5.74, 6) is 0.0797. The molecule has 0 spiro atoms. The molecule has 5 rings (SSSR count). The Hall–Kier alpha value is -4.01. The monoisotopic (exact) mass is 525 g/mol. The number of rotatable bonds is 6. The fraction of sp³-hybridized carbons (Fsp3) is 0. The highest BCUT2D eigenvalue weighted by molar-refractivity contribution is 8.18. The van der Waals surface area contributed by atoms with Crippen LogP contribution in [-0.4, -0.2) is 25.9 Å². The molecule has 14 heteroatoms. The zero-order valence-electron chi connectivity index (χ0n) is 17.2. The Bertz CT molecular complexity index is 1570. The van der Waals surface area contributed by atoms with Crippen LogP contribution in [0.2, 0.25) is 0 Å². The van der Waals surface area contributed by atoms with Crippen LogP contribution in [0.4, 0.5) is 17.1 Å². The zero-order valence-corrected chi connectivity index (χ0v) is 19.7. The number of nitro groups is 2. The summed E-state index contributed by atoms with van der Waals surface area (Å²) in [5, 5.41) is 25.4. The summed E-state index contributed by atoms with van der Waals surface area (Å²) < 4.78 is 7.15. The number of amidine groups is 1. The topological polar surface area (TPSA) is 154 Å². The van der Waals surface area contributed by atoms with Gasteiger partial charge in [0, 0.05) is 30.3 Å². The quantitative estimate of drug-likeness (QED) is 0.188. The Morgan fingerprint density at radius 1 is 1.06 bits per heavy atom. The number of hydrogen-bond donors (Lipinski definition) is 1. The van der Waals surface area contributed by atoms with E-state index in [1.54, 1.807) is 30.3 Å². The largest absolute Gasteiger partial charge is 0.450 e. The van der Waals surface area contributed by atoms with Gasteiger partial charge < -0.3 is 9.73 Å². The number of amides is 1. The predicted molar refractivity (Wildman–Crippen MR) is 133 cm³/mol. The van der Waals surface area contributed by atoms with E-state index >= 15 is 0 Å². The van der Waals surface area contributed by atoms with Crippen LogP contribution in [0.1, 0.15) is 5.76 Å². The van der Waals surface area contributed by atoms with E-state index in [0.717, 1.165) is 11.8 Å². The van der Waals surface area contributed by atoms with Gasteiger partial charge in [-0.15, -0.1) is 11.3 Å². The maximum atomic E-state index is 12.3. The van der Waals surface area contributed by atoms with Crippen molar-refractivity contribution in [1.29, 1.82) is 0 Å². The molecule has 0 atom stereocenters. The number of thiazole rings is 1. The zero-order chi connectivity index (χ0) is 24.5. The highest BCUT2D eigenvalue weighted by atomic mass is 32.2. The van der Waals surface area contributed by atoms with Gasteiger partial charge in [0.25, 0.3) is 17.3 Å². The molecular formula is C21H11N5O6S3. The second-order valence-corrected chi connectivity index (χ2v) is 10.2. The molecule has 1 amide bonds. The van der Waals surface area contributed by atoms with Gasteiger partial charge in [0.2, 0.25) is 0 Å². The minimum absolute atomic E-state index is 0.00495. The highest BCUT2D eigenvalue weighted by Gasteiger charge is 2.24. The number of carbonyl (C=O) groups excluding carboxylic acids is 1. The van der Waals surface area contributed by atoms with Gasteiger partial charge in [-0.25, -0.2) is 9.98 Å². The van der Waals surface area contributed by atoms with Crippen molar-refractivity contribution in [3.05, 3.63) is 85.5 Å². The SMILES string of the molecule is O=C1NC(=Nc2cccc([N+](=O)[O-])c2)S/C1=C\c1ccc(Sc2nc3ccc([N+](=O)[O-])cc3s2)o1. The molecular weight excluding hydrogens is 514 g/mol. The molecule has 0 aliphatic carbocycles. The lowest BCUT2D eigenvalue weighted by Crippen LogP contribution is -2.19. The molecule has 2 aromatic carbocycles. The molecule has 0 unspecified atom stereocenters. The third-order valence-corrected chi connectivity index (χ3v) is 7.46. The van der Waals surface area contributed by atoms with Gasteiger partial charge in [0.1, 0.15) is 5.76 Å². The molecule has 11 nitrogen and oxygen atoms in total. The second kappa shape index (κ2) is 9.32. The van der Waals surface area contributed by atoms with Crippen molar-refractivity contribution in [1.82, 2.24) is 10.3 Å². The molecule has 2 aromatic heterocycles. The van der Waals surface area contributed by atoms with Crippen molar-refractivity contribution in [2.24, 2.45) is 4.99 Å². The van der Waals surface area contributed by atoms with E-state index in [2.05, 4.69) is 15.3 Å². The first-order chi connectivity index (χ1) is 16.8. The van der Waals surface area contributed by atoms with Crippen LogP contribution < -0.4 is 5.32 Å². The molecule has 0 radical (unpaired) electrons. The van der Waals surface area contributed by atoms with E-state index in [4.69, 9.17) is 4.42 Å². The van der Waals surface area contributed by atoms with Gasteiger partial charge in [-0.05, 0) is 47.8 Å². The van der Waals surface area contributed by atoms with Crippen LogP contribution in [0, 0.1) is 20.2 Å². The van der Waals surface area contributed by atoms with E-state index in [-0.39, 0.29) is 17.3 Å².